The van der Waals surface area contributed by atoms with Gasteiger partial charge in [-0.15, -0.1) is 6.58 Å². The maximum absolute atomic E-state index is 3.99. The van der Waals surface area contributed by atoms with Crippen molar-refractivity contribution in [3.8, 4) is 0 Å². The molecule has 0 nitrogen and oxygen atoms in total. The second-order valence-corrected chi connectivity index (χ2v) is 2.87. The first-order valence-corrected chi connectivity index (χ1v) is 3.99. The molecule has 0 heteroatoms. The Balaban J connectivity index is 2.52. The highest BCUT2D eigenvalue weighted by Crippen LogP contribution is 2.23. The second-order valence-electron chi connectivity index (χ2n) is 2.87. The quantitative estimate of drug-likeness (QED) is 0.510. The van der Waals surface area contributed by atoms with Crippen LogP contribution in [0.5, 0.6) is 0 Å². The molecule has 0 saturated carbocycles. The van der Waals surface area contributed by atoms with Gasteiger partial charge >= 0.3 is 0 Å². The number of hydrogen-bond donors (Lipinski definition) is 0. The van der Waals surface area contributed by atoms with E-state index < -0.39 is 0 Å². The summed E-state index contributed by atoms with van der Waals surface area (Å²) in [5.74, 6) is 0.361. The van der Waals surface area contributed by atoms with Crippen molar-refractivity contribution in [2.24, 2.45) is 5.92 Å². The van der Waals surface area contributed by atoms with E-state index in [2.05, 4.69) is 19.6 Å². The van der Waals surface area contributed by atoms with Gasteiger partial charge in [-0.3, -0.25) is 0 Å². The van der Waals surface area contributed by atoms with Gasteiger partial charge in [0.1, 0.15) is 0 Å². The van der Waals surface area contributed by atoms with Gasteiger partial charge in [0.05, 0.1) is 0 Å². The number of hydrogen-bond acceptors (Lipinski definition) is 0. The lowest BCUT2D eigenvalue weighted by molar-refractivity contribution is 0.665. The highest BCUT2D eigenvalue weighted by atomic mass is 14.1. The molecular weight excluding hydrogens is 120 g/mol. The zero-order valence-electron chi connectivity index (χ0n) is 6.47. The van der Waals surface area contributed by atoms with Crippen LogP contribution in [0, 0.1) is 12.8 Å². The van der Waals surface area contributed by atoms with Crippen LogP contribution in [0.2, 0.25) is 0 Å². The van der Waals surface area contributed by atoms with Crippen molar-refractivity contribution >= 4 is 0 Å². The van der Waals surface area contributed by atoms with E-state index in [1.807, 2.05) is 6.08 Å². The van der Waals surface area contributed by atoms with E-state index in [1.54, 1.807) is 0 Å². The Morgan fingerprint density at radius 3 is 2.80 bits per heavy atom. The van der Waals surface area contributed by atoms with Gasteiger partial charge in [-0.05, 0) is 38.5 Å². The Labute approximate surface area is 63.6 Å². The van der Waals surface area contributed by atoms with Gasteiger partial charge in [0.15, 0.2) is 0 Å². The normalized spacial score (nSPS) is 21.5. The molecule has 1 atom stereocenters. The molecule has 0 aromatic heterocycles. The highest BCUT2D eigenvalue weighted by Gasteiger charge is 2.07. The minimum Gasteiger partial charge on any atom is -0.102 e. The Hall–Kier alpha value is -0.520. The summed E-state index contributed by atoms with van der Waals surface area (Å²) in [6, 6.07) is 0. The summed E-state index contributed by atoms with van der Waals surface area (Å²) in [5.41, 5.74) is 1.49. The largest absolute Gasteiger partial charge is 0.102 e. The maximum Gasteiger partial charge on any atom is -0.00256 e. The lowest BCUT2D eigenvalue weighted by Crippen LogP contribution is -1.99. The smallest absolute Gasteiger partial charge is 0.00256 e. The van der Waals surface area contributed by atoms with Gasteiger partial charge in [-0.2, -0.15) is 0 Å². The molecule has 0 spiro atoms. The molecule has 1 radical (unpaired) electrons. The average Bonchev–Trinajstić information content (AvgIpc) is 2.05. The fourth-order valence-corrected chi connectivity index (χ4v) is 1.35. The zero-order valence-corrected chi connectivity index (χ0v) is 6.47. The topological polar surface area (TPSA) is 0 Å². The van der Waals surface area contributed by atoms with Crippen molar-refractivity contribution in [2.45, 2.75) is 25.7 Å². The van der Waals surface area contributed by atoms with Crippen molar-refractivity contribution in [3.63, 3.8) is 0 Å². The fraction of sp³-hybridized carbons (Fsp3) is 0.500. The summed E-state index contributed by atoms with van der Waals surface area (Å²) in [7, 11) is 0. The molecule has 0 aliphatic heterocycles. The van der Waals surface area contributed by atoms with Crippen LogP contribution in [0.4, 0.5) is 0 Å². The predicted molar refractivity (Wildman–Crippen MR) is 45.6 cm³/mol. The standard InChI is InChI=1S/C10H15/c1-3-9(2)10-7-5-4-6-8-10/h3,7,9H,1-2,4-6,8H2. The van der Waals surface area contributed by atoms with Crippen molar-refractivity contribution in [1.29, 1.82) is 0 Å². The van der Waals surface area contributed by atoms with E-state index in [9.17, 15) is 0 Å². The minimum absolute atomic E-state index is 0.361. The molecule has 0 heterocycles. The minimum atomic E-state index is 0.361. The fourth-order valence-electron chi connectivity index (χ4n) is 1.35. The molecule has 1 aliphatic carbocycles. The molecule has 0 aromatic rings. The molecule has 0 fully saturated rings. The second kappa shape index (κ2) is 3.60. The molecule has 1 unspecified atom stereocenters. The van der Waals surface area contributed by atoms with Crippen molar-refractivity contribution in [3.05, 3.63) is 31.2 Å². The Morgan fingerprint density at radius 2 is 2.30 bits per heavy atom. The summed E-state index contributed by atoms with van der Waals surface area (Å²) >= 11 is 0. The lowest BCUT2D eigenvalue weighted by Gasteiger charge is -2.15. The third-order valence-electron chi connectivity index (χ3n) is 2.09. The van der Waals surface area contributed by atoms with Crippen LogP contribution in [0.25, 0.3) is 0 Å². The van der Waals surface area contributed by atoms with E-state index >= 15 is 0 Å². The summed E-state index contributed by atoms with van der Waals surface area (Å²) in [6.07, 6.45) is 9.43. The molecule has 0 amide bonds. The van der Waals surface area contributed by atoms with Crippen LogP contribution in [-0.2, 0) is 0 Å². The van der Waals surface area contributed by atoms with Crippen LogP contribution < -0.4 is 0 Å². The van der Waals surface area contributed by atoms with Gasteiger partial charge in [0.2, 0.25) is 0 Å². The molecule has 0 N–H and O–H groups in total. The molecule has 0 aromatic carbocycles. The van der Waals surface area contributed by atoms with Crippen LogP contribution in [0.3, 0.4) is 0 Å². The molecular formula is C10H15. The molecule has 1 rings (SSSR count). The summed E-state index contributed by atoms with van der Waals surface area (Å²) in [5, 5.41) is 0. The van der Waals surface area contributed by atoms with Crippen molar-refractivity contribution in [1.82, 2.24) is 0 Å². The summed E-state index contributed by atoms with van der Waals surface area (Å²) < 4.78 is 0. The van der Waals surface area contributed by atoms with Crippen LogP contribution >= 0.6 is 0 Å². The molecule has 0 bridgehead atoms. The van der Waals surface area contributed by atoms with Crippen molar-refractivity contribution < 1.29 is 0 Å². The third kappa shape index (κ3) is 1.73. The van der Waals surface area contributed by atoms with E-state index in [1.165, 1.54) is 31.3 Å². The zero-order chi connectivity index (χ0) is 7.40. The molecule has 1 aliphatic rings. The molecule has 10 heavy (non-hydrogen) atoms. The maximum atomic E-state index is 3.99. The molecule has 0 saturated heterocycles. The summed E-state index contributed by atoms with van der Waals surface area (Å²) in [4.78, 5) is 0. The predicted octanol–water partition coefficient (Wildman–Crippen LogP) is 3.12. The van der Waals surface area contributed by atoms with E-state index in [0.29, 0.717) is 5.92 Å². The molecule has 55 valence electrons. The third-order valence-corrected chi connectivity index (χ3v) is 2.09. The first-order valence-electron chi connectivity index (χ1n) is 3.99. The van der Waals surface area contributed by atoms with Gasteiger partial charge in [0.25, 0.3) is 0 Å². The van der Waals surface area contributed by atoms with Crippen LogP contribution in [-0.4, -0.2) is 0 Å². The Kier molecular flexibility index (Phi) is 2.73. The van der Waals surface area contributed by atoms with Gasteiger partial charge < -0.3 is 0 Å². The van der Waals surface area contributed by atoms with E-state index in [4.69, 9.17) is 0 Å². The van der Waals surface area contributed by atoms with E-state index in [0.717, 1.165) is 0 Å². The van der Waals surface area contributed by atoms with Crippen LogP contribution in [0.15, 0.2) is 24.3 Å². The van der Waals surface area contributed by atoms with Gasteiger partial charge in [-0.25, -0.2) is 0 Å². The number of rotatable bonds is 2. The van der Waals surface area contributed by atoms with Gasteiger partial charge in [-0.1, -0.05) is 17.7 Å². The monoisotopic (exact) mass is 135 g/mol. The average molecular weight is 135 g/mol. The number of allylic oxidation sites excluding steroid dienone is 3. The first-order chi connectivity index (χ1) is 4.84. The highest BCUT2D eigenvalue weighted by molar-refractivity contribution is 5.15. The summed E-state index contributed by atoms with van der Waals surface area (Å²) in [6.45, 7) is 7.73. The lowest BCUT2D eigenvalue weighted by atomic mass is 9.90. The Morgan fingerprint density at radius 1 is 1.50 bits per heavy atom. The van der Waals surface area contributed by atoms with Crippen molar-refractivity contribution in [2.75, 3.05) is 0 Å². The SMILES string of the molecule is [CH2]C(C=C)C1=CCCCC1. The van der Waals surface area contributed by atoms with Crippen LogP contribution in [0.1, 0.15) is 25.7 Å². The van der Waals surface area contributed by atoms with E-state index in [-0.39, 0.29) is 0 Å². The van der Waals surface area contributed by atoms with Gasteiger partial charge in [0, 0.05) is 0 Å². The Bertz CT molecular complexity index is 142. The first kappa shape index (κ1) is 7.59.